The third kappa shape index (κ3) is 3.44. The van der Waals surface area contributed by atoms with Gasteiger partial charge in [-0.05, 0) is 50.8 Å². The molecule has 90 valence electrons. The Labute approximate surface area is 98.3 Å². The van der Waals surface area contributed by atoms with Crippen molar-refractivity contribution in [2.24, 2.45) is 0 Å². The highest BCUT2D eigenvalue weighted by Crippen LogP contribution is 2.33. The number of ether oxygens (including phenoxy) is 1. The zero-order chi connectivity index (χ0) is 12.3. The molecule has 1 atom stereocenters. The van der Waals surface area contributed by atoms with Gasteiger partial charge in [-0.3, -0.25) is 0 Å². The van der Waals surface area contributed by atoms with Crippen LogP contribution < -0.4 is 4.74 Å². The van der Waals surface area contributed by atoms with Crippen molar-refractivity contribution in [3.05, 3.63) is 23.8 Å². The van der Waals surface area contributed by atoms with Crippen molar-refractivity contribution >= 4 is 0 Å². The molecule has 1 N–H and O–H groups in total. The second-order valence-electron chi connectivity index (χ2n) is 5.25. The number of aromatic hydroxyl groups is 1. The molecule has 1 aromatic carbocycles. The van der Waals surface area contributed by atoms with E-state index in [0.717, 1.165) is 6.42 Å². The molecule has 0 aliphatic rings. The third-order valence-corrected chi connectivity index (χ3v) is 2.58. The zero-order valence-corrected chi connectivity index (χ0v) is 10.9. The summed E-state index contributed by atoms with van der Waals surface area (Å²) in [5, 5.41) is 9.73. The Morgan fingerprint density at radius 1 is 1.31 bits per heavy atom. The molecule has 0 saturated carbocycles. The molecule has 0 saturated heterocycles. The van der Waals surface area contributed by atoms with E-state index in [9.17, 15) is 5.11 Å². The number of phenolic OH excluding ortho intramolecular Hbond substituents is 1. The molecule has 2 heteroatoms. The molecule has 0 bridgehead atoms. The van der Waals surface area contributed by atoms with Gasteiger partial charge < -0.3 is 9.84 Å². The van der Waals surface area contributed by atoms with E-state index in [0.29, 0.717) is 11.7 Å². The number of rotatable bonds is 3. The standard InChI is InChI=1S/C14H22O2/c1-6-10(2)11-7-8-12(15)13(9-11)16-14(3,4)5/h7-10,15H,6H2,1-5H3. The summed E-state index contributed by atoms with van der Waals surface area (Å²) in [6.45, 7) is 10.3. The van der Waals surface area contributed by atoms with Crippen LogP contribution in [-0.4, -0.2) is 10.7 Å². The molecular formula is C14H22O2. The Bertz CT molecular complexity index is 350. The van der Waals surface area contributed by atoms with Crippen LogP contribution in [0.25, 0.3) is 0 Å². The van der Waals surface area contributed by atoms with Gasteiger partial charge in [-0.25, -0.2) is 0 Å². The van der Waals surface area contributed by atoms with Crippen LogP contribution >= 0.6 is 0 Å². The van der Waals surface area contributed by atoms with Gasteiger partial charge in [0.2, 0.25) is 0 Å². The van der Waals surface area contributed by atoms with Crippen LogP contribution in [0.4, 0.5) is 0 Å². The molecule has 0 amide bonds. The normalized spacial score (nSPS) is 13.6. The summed E-state index contributed by atoms with van der Waals surface area (Å²) in [6, 6.07) is 5.61. The molecular weight excluding hydrogens is 200 g/mol. The van der Waals surface area contributed by atoms with Crippen molar-refractivity contribution < 1.29 is 9.84 Å². The van der Waals surface area contributed by atoms with Crippen LogP contribution in [0.3, 0.4) is 0 Å². The highest BCUT2D eigenvalue weighted by Gasteiger charge is 2.15. The van der Waals surface area contributed by atoms with Gasteiger partial charge in [0.15, 0.2) is 11.5 Å². The average molecular weight is 222 g/mol. The topological polar surface area (TPSA) is 29.5 Å². The number of phenols is 1. The van der Waals surface area contributed by atoms with E-state index in [4.69, 9.17) is 4.74 Å². The van der Waals surface area contributed by atoms with Crippen molar-refractivity contribution in [3.8, 4) is 11.5 Å². The van der Waals surface area contributed by atoms with Crippen molar-refractivity contribution in [3.63, 3.8) is 0 Å². The molecule has 0 spiro atoms. The van der Waals surface area contributed by atoms with Gasteiger partial charge in [-0.15, -0.1) is 0 Å². The molecule has 1 rings (SSSR count). The lowest BCUT2D eigenvalue weighted by Crippen LogP contribution is -2.23. The smallest absolute Gasteiger partial charge is 0.161 e. The van der Waals surface area contributed by atoms with Gasteiger partial charge in [0.1, 0.15) is 5.60 Å². The first-order valence-electron chi connectivity index (χ1n) is 5.85. The maximum Gasteiger partial charge on any atom is 0.161 e. The van der Waals surface area contributed by atoms with E-state index in [1.165, 1.54) is 5.56 Å². The van der Waals surface area contributed by atoms with Gasteiger partial charge in [-0.1, -0.05) is 19.9 Å². The fourth-order valence-electron chi connectivity index (χ4n) is 1.48. The zero-order valence-electron chi connectivity index (χ0n) is 10.9. The average Bonchev–Trinajstić information content (AvgIpc) is 2.18. The minimum Gasteiger partial charge on any atom is -0.504 e. The molecule has 0 aliphatic heterocycles. The van der Waals surface area contributed by atoms with Gasteiger partial charge in [0.25, 0.3) is 0 Å². The Balaban J connectivity index is 2.99. The fourth-order valence-corrected chi connectivity index (χ4v) is 1.48. The SMILES string of the molecule is CCC(C)c1ccc(O)c(OC(C)(C)C)c1. The summed E-state index contributed by atoms with van der Waals surface area (Å²) in [5.74, 6) is 1.27. The Morgan fingerprint density at radius 2 is 1.94 bits per heavy atom. The quantitative estimate of drug-likeness (QED) is 0.835. The molecule has 16 heavy (non-hydrogen) atoms. The molecule has 0 aliphatic carbocycles. The lowest BCUT2D eigenvalue weighted by molar-refractivity contribution is 0.125. The van der Waals surface area contributed by atoms with Gasteiger partial charge in [0.05, 0.1) is 0 Å². The van der Waals surface area contributed by atoms with Crippen LogP contribution in [0.5, 0.6) is 11.5 Å². The van der Waals surface area contributed by atoms with E-state index in [1.54, 1.807) is 6.07 Å². The molecule has 0 aromatic heterocycles. The van der Waals surface area contributed by atoms with Crippen LogP contribution in [0.2, 0.25) is 0 Å². The monoisotopic (exact) mass is 222 g/mol. The Kier molecular flexibility index (Phi) is 3.84. The van der Waals surface area contributed by atoms with Crippen molar-refractivity contribution in [2.45, 2.75) is 52.6 Å². The number of hydrogen-bond acceptors (Lipinski definition) is 2. The van der Waals surface area contributed by atoms with Gasteiger partial charge in [-0.2, -0.15) is 0 Å². The molecule has 0 radical (unpaired) electrons. The predicted octanol–water partition coefficient (Wildman–Crippen LogP) is 4.08. The molecule has 1 aromatic rings. The first kappa shape index (κ1) is 12.9. The minimum absolute atomic E-state index is 0.210. The molecule has 0 heterocycles. The maximum absolute atomic E-state index is 9.73. The van der Waals surface area contributed by atoms with Gasteiger partial charge in [0, 0.05) is 0 Å². The van der Waals surface area contributed by atoms with Crippen LogP contribution in [0.15, 0.2) is 18.2 Å². The molecule has 0 fully saturated rings. The Morgan fingerprint density at radius 3 is 2.44 bits per heavy atom. The van der Waals surface area contributed by atoms with Crippen molar-refractivity contribution in [1.82, 2.24) is 0 Å². The molecule has 1 unspecified atom stereocenters. The molecule has 2 nitrogen and oxygen atoms in total. The third-order valence-electron chi connectivity index (χ3n) is 2.58. The summed E-state index contributed by atoms with van der Waals surface area (Å²) in [5.41, 5.74) is 0.922. The predicted molar refractivity (Wildman–Crippen MR) is 67.2 cm³/mol. The van der Waals surface area contributed by atoms with Crippen LogP contribution in [-0.2, 0) is 0 Å². The summed E-state index contributed by atoms with van der Waals surface area (Å²) in [6.07, 6.45) is 1.08. The van der Waals surface area contributed by atoms with Crippen LogP contribution in [0.1, 0.15) is 52.5 Å². The number of benzene rings is 1. The summed E-state index contributed by atoms with van der Waals surface area (Å²) in [4.78, 5) is 0. The first-order chi connectivity index (χ1) is 7.33. The maximum atomic E-state index is 9.73. The highest BCUT2D eigenvalue weighted by atomic mass is 16.5. The lowest BCUT2D eigenvalue weighted by Gasteiger charge is -2.23. The van der Waals surface area contributed by atoms with E-state index < -0.39 is 0 Å². The number of hydrogen-bond donors (Lipinski definition) is 1. The van der Waals surface area contributed by atoms with E-state index >= 15 is 0 Å². The van der Waals surface area contributed by atoms with E-state index in [1.807, 2.05) is 32.9 Å². The summed E-state index contributed by atoms with van der Waals surface area (Å²) >= 11 is 0. The van der Waals surface area contributed by atoms with E-state index in [-0.39, 0.29) is 11.4 Å². The first-order valence-corrected chi connectivity index (χ1v) is 5.85. The van der Waals surface area contributed by atoms with Crippen molar-refractivity contribution in [2.75, 3.05) is 0 Å². The summed E-state index contributed by atoms with van der Waals surface area (Å²) < 4.78 is 5.72. The van der Waals surface area contributed by atoms with E-state index in [2.05, 4.69) is 13.8 Å². The van der Waals surface area contributed by atoms with Gasteiger partial charge >= 0.3 is 0 Å². The lowest BCUT2D eigenvalue weighted by atomic mass is 9.98. The largest absolute Gasteiger partial charge is 0.504 e. The second-order valence-corrected chi connectivity index (χ2v) is 5.25. The van der Waals surface area contributed by atoms with Crippen molar-refractivity contribution in [1.29, 1.82) is 0 Å². The fraction of sp³-hybridized carbons (Fsp3) is 0.571. The Hall–Kier alpha value is -1.18. The highest BCUT2D eigenvalue weighted by molar-refractivity contribution is 5.43. The second kappa shape index (κ2) is 4.77. The van der Waals surface area contributed by atoms with Crippen LogP contribution in [0, 0.1) is 0 Å². The summed E-state index contributed by atoms with van der Waals surface area (Å²) in [7, 11) is 0. The minimum atomic E-state index is -0.286.